The van der Waals surface area contributed by atoms with Gasteiger partial charge in [0.25, 0.3) is 5.91 Å². The Morgan fingerprint density at radius 2 is 2.00 bits per heavy atom. The van der Waals surface area contributed by atoms with Crippen LogP contribution in [0.2, 0.25) is 0 Å². The van der Waals surface area contributed by atoms with Crippen LogP contribution in [0.1, 0.15) is 28.4 Å². The van der Waals surface area contributed by atoms with Gasteiger partial charge in [-0.1, -0.05) is 29.8 Å². The van der Waals surface area contributed by atoms with Crippen LogP contribution in [0.5, 0.6) is 5.75 Å². The van der Waals surface area contributed by atoms with Crippen LogP contribution < -0.4 is 9.64 Å². The van der Waals surface area contributed by atoms with Crippen molar-refractivity contribution in [2.45, 2.75) is 26.9 Å². The Kier molecular flexibility index (Phi) is 4.98. The van der Waals surface area contributed by atoms with Gasteiger partial charge in [0, 0.05) is 19.2 Å². The van der Waals surface area contributed by atoms with E-state index >= 15 is 0 Å². The van der Waals surface area contributed by atoms with E-state index in [9.17, 15) is 4.79 Å². The minimum atomic E-state index is -0.0334. The highest BCUT2D eigenvalue weighted by Crippen LogP contribution is 2.32. The van der Waals surface area contributed by atoms with E-state index in [0.29, 0.717) is 6.54 Å². The lowest BCUT2D eigenvalue weighted by Crippen LogP contribution is -2.46. The molecule has 4 heteroatoms. The maximum Gasteiger partial charge on any atom is 0.254 e. The molecule has 0 aromatic heterocycles. The van der Waals surface area contributed by atoms with Gasteiger partial charge in [0.05, 0.1) is 18.8 Å². The summed E-state index contributed by atoms with van der Waals surface area (Å²) in [6.45, 7) is 8.41. The molecule has 1 aliphatic heterocycles. The maximum atomic E-state index is 12.8. The Balaban J connectivity index is 1.74. The van der Waals surface area contributed by atoms with Crippen LogP contribution in [-0.4, -0.2) is 43.6 Å². The molecule has 0 radical (unpaired) electrons. The summed E-state index contributed by atoms with van der Waals surface area (Å²) in [5, 5.41) is 0. The van der Waals surface area contributed by atoms with Gasteiger partial charge in [0.2, 0.25) is 0 Å². The van der Waals surface area contributed by atoms with Crippen molar-refractivity contribution in [3.05, 3.63) is 59.2 Å². The summed E-state index contributed by atoms with van der Waals surface area (Å²) >= 11 is 0. The van der Waals surface area contributed by atoms with Crippen LogP contribution in [0.3, 0.4) is 0 Å². The molecule has 0 aliphatic carbocycles. The molecule has 0 N–H and O–H groups in total. The number of hydrogen-bond donors (Lipinski definition) is 0. The molecule has 0 saturated carbocycles. The minimum absolute atomic E-state index is 0.0334. The van der Waals surface area contributed by atoms with E-state index in [1.54, 1.807) is 4.90 Å². The molecular weight excluding hydrogens is 312 g/mol. The van der Waals surface area contributed by atoms with Gasteiger partial charge in [-0.25, -0.2) is 0 Å². The number of para-hydroxylation sites is 2. The molecule has 0 spiro atoms. The first-order valence-corrected chi connectivity index (χ1v) is 8.83. The van der Waals surface area contributed by atoms with E-state index in [2.05, 4.69) is 17.9 Å². The standard InChI is InChI=1S/C21H26N2O2/c1-5-23-14-17(25-20-9-7-6-8-19(20)23)13-22(4)21(24)18-12-15(2)10-11-16(18)3/h6-12,17H,5,13-14H2,1-4H3/t17-/m1/s1. The monoisotopic (exact) mass is 338 g/mol. The molecule has 0 saturated heterocycles. The summed E-state index contributed by atoms with van der Waals surface area (Å²) in [7, 11) is 1.85. The third kappa shape index (κ3) is 3.63. The van der Waals surface area contributed by atoms with Crippen LogP contribution in [0.15, 0.2) is 42.5 Å². The molecule has 0 unspecified atom stereocenters. The topological polar surface area (TPSA) is 32.8 Å². The van der Waals surface area contributed by atoms with Gasteiger partial charge in [-0.3, -0.25) is 4.79 Å². The van der Waals surface area contributed by atoms with Crippen LogP contribution in [0.25, 0.3) is 0 Å². The highest BCUT2D eigenvalue weighted by Gasteiger charge is 2.27. The van der Waals surface area contributed by atoms with Crippen molar-refractivity contribution in [1.82, 2.24) is 4.90 Å². The molecule has 1 amide bonds. The highest BCUT2D eigenvalue weighted by atomic mass is 16.5. The number of rotatable bonds is 4. The molecular formula is C21H26N2O2. The lowest BCUT2D eigenvalue weighted by molar-refractivity contribution is 0.0709. The van der Waals surface area contributed by atoms with Crippen molar-refractivity contribution in [3.63, 3.8) is 0 Å². The van der Waals surface area contributed by atoms with E-state index < -0.39 is 0 Å². The summed E-state index contributed by atoms with van der Waals surface area (Å²) in [5.41, 5.74) is 4.01. The number of fused-ring (bicyclic) bond motifs is 1. The summed E-state index contributed by atoms with van der Waals surface area (Å²) < 4.78 is 6.14. The fourth-order valence-electron chi connectivity index (χ4n) is 3.33. The lowest BCUT2D eigenvalue weighted by atomic mass is 10.0. The zero-order valence-electron chi connectivity index (χ0n) is 15.5. The Morgan fingerprint density at radius 1 is 1.24 bits per heavy atom. The van der Waals surface area contributed by atoms with Crippen molar-refractivity contribution in [3.8, 4) is 5.75 Å². The third-order valence-electron chi connectivity index (χ3n) is 4.75. The number of likely N-dealkylation sites (N-methyl/N-ethyl adjacent to an activating group) is 2. The molecule has 1 aliphatic rings. The van der Waals surface area contributed by atoms with Gasteiger partial charge in [0.1, 0.15) is 11.9 Å². The zero-order valence-corrected chi connectivity index (χ0v) is 15.5. The largest absolute Gasteiger partial charge is 0.485 e. The van der Waals surface area contributed by atoms with Crippen LogP contribution in [-0.2, 0) is 0 Å². The number of anilines is 1. The number of hydrogen-bond acceptors (Lipinski definition) is 3. The smallest absolute Gasteiger partial charge is 0.254 e. The number of nitrogens with zero attached hydrogens (tertiary/aromatic N) is 2. The second-order valence-corrected chi connectivity index (χ2v) is 6.75. The SMILES string of the molecule is CCN1C[C@@H](CN(C)C(=O)c2cc(C)ccc2C)Oc2ccccc21. The number of aryl methyl sites for hydroxylation is 2. The van der Waals surface area contributed by atoms with Gasteiger partial charge in [-0.2, -0.15) is 0 Å². The van der Waals surface area contributed by atoms with Gasteiger partial charge in [-0.05, 0) is 44.5 Å². The predicted octanol–water partition coefficient (Wildman–Crippen LogP) is 3.66. The molecule has 4 nitrogen and oxygen atoms in total. The normalized spacial score (nSPS) is 16.2. The number of benzene rings is 2. The molecule has 1 heterocycles. The lowest BCUT2D eigenvalue weighted by Gasteiger charge is -2.37. The first kappa shape index (κ1) is 17.3. The van der Waals surface area contributed by atoms with E-state index in [1.165, 1.54) is 0 Å². The van der Waals surface area contributed by atoms with Gasteiger partial charge >= 0.3 is 0 Å². The van der Waals surface area contributed by atoms with E-state index in [-0.39, 0.29) is 12.0 Å². The van der Waals surface area contributed by atoms with Crippen molar-refractivity contribution in [1.29, 1.82) is 0 Å². The number of amides is 1. The van der Waals surface area contributed by atoms with Crippen LogP contribution >= 0.6 is 0 Å². The molecule has 2 aromatic rings. The van der Waals surface area contributed by atoms with Gasteiger partial charge in [-0.15, -0.1) is 0 Å². The second kappa shape index (κ2) is 7.18. The maximum absolute atomic E-state index is 12.8. The van der Waals surface area contributed by atoms with Crippen LogP contribution in [0.4, 0.5) is 5.69 Å². The number of carbonyl (C=O) groups is 1. The summed E-state index contributed by atoms with van der Waals surface area (Å²) in [5.74, 6) is 0.944. The van der Waals surface area contributed by atoms with Crippen molar-refractivity contribution >= 4 is 11.6 Å². The fraction of sp³-hybridized carbons (Fsp3) is 0.381. The average molecular weight is 338 g/mol. The first-order chi connectivity index (χ1) is 12.0. The van der Waals surface area contributed by atoms with E-state index in [1.807, 2.05) is 57.3 Å². The molecule has 2 aromatic carbocycles. The van der Waals surface area contributed by atoms with Gasteiger partial charge in [0.15, 0.2) is 0 Å². The van der Waals surface area contributed by atoms with E-state index in [0.717, 1.165) is 41.2 Å². The Morgan fingerprint density at radius 3 is 2.76 bits per heavy atom. The average Bonchev–Trinajstić information content (AvgIpc) is 2.62. The number of ether oxygens (including phenoxy) is 1. The Bertz CT molecular complexity index is 772. The van der Waals surface area contributed by atoms with Crippen molar-refractivity contribution in [2.75, 3.05) is 31.6 Å². The molecule has 132 valence electrons. The fourth-order valence-corrected chi connectivity index (χ4v) is 3.33. The molecule has 0 bridgehead atoms. The second-order valence-electron chi connectivity index (χ2n) is 6.75. The first-order valence-electron chi connectivity index (χ1n) is 8.83. The predicted molar refractivity (Wildman–Crippen MR) is 102 cm³/mol. The molecule has 1 atom stereocenters. The highest BCUT2D eigenvalue weighted by molar-refractivity contribution is 5.95. The van der Waals surface area contributed by atoms with E-state index in [4.69, 9.17) is 4.74 Å². The molecule has 3 rings (SSSR count). The van der Waals surface area contributed by atoms with Gasteiger partial charge < -0.3 is 14.5 Å². The Labute approximate surface area is 150 Å². The third-order valence-corrected chi connectivity index (χ3v) is 4.75. The quantitative estimate of drug-likeness (QED) is 0.853. The minimum Gasteiger partial charge on any atom is -0.485 e. The van der Waals surface area contributed by atoms with Crippen LogP contribution in [0, 0.1) is 13.8 Å². The Hall–Kier alpha value is -2.49. The van der Waals surface area contributed by atoms with Crippen molar-refractivity contribution < 1.29 is 9.53 Å². The summed E-state index contributed by atoms with van der Waals surface area (Å²) in [6, 6.07) is 14.1. The zero-order chi connectivity index (χ0) is 18.0. The molecule has 0 fully saturated rings. The summed E-state index contributed by atoms with van der Waals surface area (Å²) in [4.78, 5) is 16.9. The van der Waals surface area contributed by atoms with Crippen molar-refractivity contribution in [2.24, 2.45) is 0 Å². The summed E-state index contributed by atoms with van der Waals surface area (Å²) in [6.07, 6.45) is -0.0334. The molecule has 25 heavy (non-hydrogen) atoms. The number of carbonyl (C=O) groups excluding carboxylic acids is 1.